The molecule has 2 rings (SSSR count). The lowest BCUT2D eigenvalue weighted by Crippen LogP contribution is -1.97. The standard InChI is InChI=1S/C11H8F2N2O/c12-7-4-9(13)11(14)10(5-7)16-8-2-1-3-15-6-8/h1-6H,14H2. The smallest absolute Gasteiger partial charge is 0.156 e. The number of pyridine rings is 1. The maximum absolute atomic E-state index is 13.1. The highest BCUT2D eigenvalue weighted by molar-refractivity contribution is 5.54. The zero-order chi connectivity index (χ0) is 11.5. The van der Waals surface area contributed by atoms with Crippen molar-refractivity contribution in [2.24, 2.45) is 0 Å². The first-order valence-electron chi connectivity index (χ1n) is 4.49. The molecule has 5 heteroatoms. The van der Waals surface area contributed by atoms with Crippen LogP contribution in [0.15, 0.2) is 36.7 Å². The Morgan fingerprint density at radius 3 is 2.75 bits per heavy atom. The second-order valence-corrected chi connectivity index (χ2v) is 3.09. The van der Waals surface area contributed by atoms with Gasteiger partial charge in [0.1, 0.15) is 17.3 Å². The van der Waals surface area contributed by atoms with Crippen LogP contribution in [0.4, 0.5) is 14.5 Å². The highest BCUT2D eigenvalue weighted by Crippen LogP contribution is 2.29. The van der Waals surface area contributed by atoms with Crippen molar-refractivity contribution in [3.8, 4) is 11.5 Å². The van der Waals surface area contributed by atoms with Gasteiger partial charge < -0.3 is 10.5 Å². The van der Waals surface area contributed by atoms with Gasteiger partial charge in [-0.1, -0.05) is 0 Å². The van der Waals surface area contributed by atoms with Gasteiger partial charge in [-0.2, -0.15) is 0 Å². The third kappa shape index (κ3) is 2.08. The minimum atomic E-state index is -0.848. The van der Waals surface area contributed by atoms with E-state index in [0.717, 1.165) is 6.07 Å². The van der Waals surface area contributed by atoms with Crippen LogP contribution >= 0.6 is 0 Å². The van der Waals surface area contributed by atoms with Crippen LogP contribution in [-0.4, -0.2) is 4.98 Å². The molecule has 2 N–H and O–H groups in total. The molecule has 16 heavy (non-hydrogen) atoms. The Bertz CT molecular complexity index is 503. The number of nitrogens with two attached hydrogens (primary N) is 1. The summed E-state index contributed by atoms with van der Waals surface area (Å²) in [6, 6.07) is 4.97. The fourth-order valence-corrected chi connectivity index (χ4v) is 1.18. The predicted molar refractivity (Wildman–Crippen MR) is 55.1 cm³/mol. The van der Waals surface area contributed by atoms with Crippen molar-refractivity contribution in [3.05, 3.63) is 48.3 Å². The fraction of sp³-hybridized carbons (Fsp3) is 0. The zero-order valence-electron chi connectivity index (χ0n) is 8.15. The van der Waals surface area contributed by atoms with Gasteiger partial charge in [0.25, 0.3) is 0 Å². The second-order valence-electron chi connectivity index (χ2n) is 3.09. The van der Waals surface area contributed by atoms with E-state index in [2.05, 4.69) is 4.98 Å². The minimum Gasteiger partial charge on any atom is -0.453 e. The first-order valence-corrected chi connectivity index (χ1v) is 4.49. The predicted octanol–water partition coefficient (Wildman–Crippen LogP) is 2.73. The number of halogens is 2. The van der Waals surface area contributed by atoms with E-state index in [1.54, 1.807) is 18.3 Å². The Balaban J connectivity index is 2.35. The van der Waals surface area contributed by atoms with Gasteiger partial charge in [-0.25, -0.2) is 8.78 Å². The molecule has 0 aliphatic rings. The maximum Gasteiger partial charge on any atom is 0.156 e. The Morgan fingerprint density at radius 1 is 1.25 bits per heavy atom. The largest absolute Gasteiger partial charge is 0.453 e. The van der Waals surface area contributed by atoms with E-state index in [9.17, 15) is 8.78 Å². The van der Waals surface area contributed by atoms with Crippen molar-refractivity contribution >= 4 is 5.69 Å². The molecule has 0 spiro atoms. The number of benzene rings is 1. The average molecular weight is 222 g/mol. The average Bonchev–Trinajstić information content (AvgIpc) is 2.27. The summed E-state index contributed by atoms with van der Waals surface area (Å²) in [5, 5.41) is 0. The molecule has 0 saturated carbocycles. The van der Waals surface area contributed by atoms with Gasteiger partial charge >= 0.3 is 0 Å². The Morgan fingerprint density at radius 2 is 2.06 bits per heavy atom. The van der Waals surface area contributed by atoms with E-state index in [1.165, 1.54) is 6.20 Å². The molecule has 2 aromatic rings. The highest BCUT2D eigenvalue weighted by atomic mass is 19.1. The monoisotopic (exact) mass is 222 g/mol. The lowest BCUT2D eigenvalue weighted by Gasteiger charge is -2.08. The summed E-state index contributed by atoms with van der Waals surface area (Å²) in [6.45, 7) is 0. The van der Waals surface area contributed by atoms with Crippen molar-refractivity contribution in [1.82, 2.24) is 4.98 Å². The van der Waals surface area contributed by atoms with E-state index in [4.69, 9.17) is 10.5 Å². The Hall–Kier alpha value is -2.17. The molecule has 0 atom stereocenters. The number of anilines is 1. The first-order chi connectivity index (χ1) is 7.66. The zero-order valence-corrected chi connectivity index (χ0v) is 8.15. The van der Waals surface area contributed by atoms with Gasteiger partial charge in [0.15, 0.2) is 11.6 Å². The summed E-state index contributed by atoms with van der Waals surface area (Å²) in [7, 11) is 0. The topological polar surface area (TPSA) is 48.1 Å². The SMILES string of the molecule is Nc1c(F)cc(F)cc1Oc1cccnc1. The Labute approximate surface area is 90.5 Å². The quantitative estimate of drug-likeness (QED) is 0.795. The summed E-state index contributed by atoms with van der Waals surface area (Å²) >= 11 is 0. The van der Waals surface area contributed by atoms with Crippen LogP contribution in [0.1, 0.15) is 0 Å². The van der Waals surface area contributed by atoms with Crippen LogP contribution in [-0.2, 0) is 0 Å². The molecule has 0 amide bonds. The van der Waals surface area contributed by atoms with Gasteiger partial charge in [-0.05, 0) is 12.1 Å². The molecule has 0 bridgehead atoms. The van der Waals surface area contributed by atoms with Crippen LogP contribution in [0.2, 0.25) is 0 Å². The highest BCUT2D eigenvalue weighted by Gasteiger charge is 2.10. The minimum absolute atomic E-state index is 0.0644. The normalized spacial score (nSPS) is 10.1. The van der Waals surface area contributed by atoms with Crippen molar-refractivity contribution in [1.29, 1.82) is 0 Å². The van der Waals surface area contributed by atoms with Gasteiger partial charge in [0, 0.05) is 18.3 Å². The van der Waals surface area contributed by atoms with Crippen LogP contribution in [0, 0.1) is 11.6 Å². The molecule has 1 heterocycles. The van der Waals surface area contributed by atoms with Gasteiger partial charge in [-0.15, -0.1) is 0 Å². The number of nitrogen functional groups attached to an aromatic ring is 1. The number of hydrogen-bond donors (Lipinski definition) is 1. The van der Waals surface area contributed by atoms with Gasteiger partial charge in [0.2, 0.25) is 0 Å². The molecule has 0 unspecified atom stereocenters. The van der Waals surface area contributed by atoms with E-state index >= 15 is 0 Å². The number of aromatic nitrogens is 1. The van der Waals surface area contributed by atoms with Crippen LogP contribution < -0.4 is 10.5 Å². The summed E-state index contributed by atoms with van der Waals surface area (Å²) in [5.41, 5.74) is 5.18. The second kappa shape index (κ2) is 4.14. The molecule has 3 nitrogen and oxygen atoms in total. The van der Waals surface area contributed by atoms with E-state index in [0.29, 0.717) is 11.8 Å². The molecule has 1 aromatic heterocycles. The lowest BCUT2D eigenvalue weighted by atomic mass is 10.2. The van der Waals surface area contributed by atoms with Crippen molar-refractivity contribution in [2.75, 3.05) is 5.73 Å². The molecule has 0 aliphatic heterocycles. The van der Waals surface area contributed by atoms with E-state index in [1.807, 2.05) is 0 Å². The third-order valence-corrected chi connectivity index (χ3v) is 1.92. The third-order valence-electron chi connectivity index (χ3n) is 1.92. The molecule has 82 valence electrons. The van der Waals surface area contributed by atoms with E-state index < -0.39 is 11.6 Å². The lowest BCUT2D eigenvalue weighted by molar-refractivity contribution is 0.470. The summed E-state index contributed by atoms with van der Waals surface area (Å²) in [6.07, 6.45) is 2.98. The molecule has 0 aliphatic carbocycles. The van der Waals surface area contributed by atoms with Crippen LogP contribution in [0.3, 0.4) is 0 Å². The van der Waals surface area contributed by atoms with Crippen LogP contribution in [0.5, 0.6) is 11.5 Å². The molecule has 1 aromatic carbocycles. The van der Waals surface area contributed by atoms with Gasteiger partial charge in [0.05, 0.1) is 6.20 Å². The number of rotatable bonds is 2. The van der Waals surface area contributed by atoms with Gasteiger partial charge in [-0.3, -0.25) is 4.98 Å². The van der Waals surface area contributed by atoms with Crippen molar-refractivity contribution in [3.63, 3.8) is 0 Å². The maximum atomic E-state index is 13.1. The summed E-state index contributed by atoms with van der Waals surface area (Å²) in [4.78, 5) is 3.80. The Kier molecular flexibility index (Phi) is 2.68. The molecule has 0 saturated heterocycles. The molecule has 0 radical (unpaired) electrons. The summed E-state index contributed by atoms with van der Waals surface area (Å²) in [5.74, 6) is -1.30. The molecular formula is C11H8F2N2O. The van der Waals surface area contributed by atoms with Crippen molar-refractivity contribution < 1.29 is 13.5 Å². The molecular weight excluding hydrogens is 214 g/mol. The molecule has 0 fully saturated rings. The number of hydrogen-bond acceptors (Lipinski definition) is 3. The number of ether oxygens (including phenoxy) is 1. The van der Waals surface area contributed by atoms with E-state index in [-0.39, 0.29) is 11.4 Å². The summed E-state index contributed by atoms with van der Waals surface area (Å²) < 4.78 is 31.2. The van der Waals surface area contributed by atoms with Crippen molar-refractivity contribution in [2.45, 2.75) is 0 Å². The van der Waals surface area contributed by atoms with Crippen LogP contribution in [0.25, 0.3) is 0 Å². The number of nitrogens with zero attached hydrogens (tertiary/aromatic N) is 1. The first kappa shape index (κ1) is 10.4. The fourth-order valence-electron chi connectivity index (χ4n) is 1.18.